The van der Waals surface area contributed by atoms with E-state index in [2.05, 4.69) is 9.71 Å². The van der Waals surface area contributed by atoms with Crippen LogP contribution in [0.3, 0.4) is 0 Å². The van der Waals surface area contributed by atoms with Crippen LogP contribution in [0.15, 0.2) is 4.40 Å². The average Bonchev–Trinajstić information content (AvgIpc) is 2.70. The monoisotopic (exact) mass is 326 g/mol. The number of nitrogens with zero attached hydrogens (tertiary/aromatic N) is 1. The van der Waals surface area contributed by atoms with Crippen LogP contribution >= 0.6 is 0 Å². The molecule has 5 rings (SSSR count). The molecule has 1 heterocycles. The Hall–Kier alpha value is -0.780. The van der Waals surface area contributed by atoms with E-state index in [1.807, 2.05) is 13.8 Å². The average molecular weight is 326 g/mol. The van der Waals surface area contributed by atoms with Crippen molar-refractivity contribution in [3.05, 3.63) is 0 Å². The summed E-state index contributed by atoms with van der Waals surface area (Å²) in [6, 6.07) is 0.220. The van der Waals surface area contributed by atoms with Gasteiger partial charge in [0, 0.05) is 5.54 Å². The molecule has 22 heavy (non-hydrogen) atoms. The maximum atomic E-state index is 12.6. The van der Waals surface area contributed by atoms with Gasteiger partial charge in [-0.25, -0.2) is 8.42 Å². The van der Waals surface area contributed by atoms with Gasteiger partial charge < -0.3 is 10.1 Å². The highest BCUT2D eigenvalue weighted by Gasteiger charge is 2.60. The molecule has 5 nitrogen and oxygen atoms in total. The number of nitrogens with one attached hydrogen (secondary N) is 1. The van der Waals surface area contributed by atoms with Crippen molar-refractivity contribution in [1.29, 1.82) is 0 Å². The maximum absolute atomic E-state index is 12.6. The van der Waals surface area contributed by atoms with Gasteiger partial charge in [0.25, 0.3) is 10.0 Å². The van der Waals surface area contributed by atoms with E-state index in [0.29, 0.717) is 5.92 Å². The number of amidine groups is 1. The molecule has 0 spiro atoms. The molecule has 0 saturated heterocycles. The van der Waals surface area contributed by atoms with Crippen LogP contribution in [0.4, 0.5) is 0 Å². The molecule has 1 aliphatic heterocycles. The van der Waals surface area contributed by atoms with Crippen molar-refractivity contribution < 1.29 is 13.2 Å². The molecule has 5 aliphatic rings. The minimum atomic E-state index is -3.59. The molecule has 4 saturated carbocycles. The minimum Gasteiger partial charge on any atom is -0.457 e. The number of rotatable bonds is 1. The highest BCUT2D eigenvalue weighted by atomic mass is 32.2. The van der Waals surface area contributed by atoms with Crippen LogP contribution < -0.4 is 5.32 Å². The second-order valence-corrected chi connectivity index (χ2v) is 11.0. The van der Waals surface area contributed by atoms with E-state index < -0.39 is 20.4 Å². The van der Waals surface area contributed by atoms with Crippen molar-refractivity contribution >= 4 is 16.0 Å². The molecule has 4 bridgehead atoms. The van der Waals surface area contributed by atoms with E-state index in [9.17, 15) is 8.42 Å². The van der Waals surface area contributed by atoms with Gasteiger partial charge in [-0.1, -0.05) is 0 Å². The molecule has 124 valence electrons. The second-order valence-electron chi connectivity index (χ2n) is 8.82. The first-order valence-electron chi connectivity index (χ1n) is 8.36. The van der Waals surface area contributed by atoms with Crippen LogP contribution in [0.25, 0.3) is 0 Å². The molecule has 0 aromatic heterocycles. The summed E-state index contributed by atoms with van der Waals surface area (Å²) >= 11 is 0. The van der Waals surface area contributed by atoms with Crippen molar-refractivity contribution in [2.45, 2.75) is 75.7 Å². The predicted molar refractivity (Wildman–Crippen MR) is 85.0 cm³/mol. The van der Waals surface area contributed by atoms with Crippen molar-refractivity contribution in [1.82, 2.24) is 5.32 Å². The van der Waals surface area contributed by atoms with E-state index >= 15 is 0 Å². The third-order valence-electron chi connectivity index (χ3n) is 7.00. The molecule has 4 fully saturated rings. The standard InChI is InChI=1S/C16H26N2O3S/c1-14(2)15(3,4)22(19,20)18-13(21-14)17-16-8-10-5-11(9-16)7-12(16)6-10/h10-12H,5-9H2,1-4H3,(H,17,18)/t10-,11+,12-,16+. The van der Waals surface area contributed by atoms with Crippen molar-refractivity contribution in [2.75, 3.05) is 0 Å². The highest BCUT2D eigenvalue weighted by Crippen LogP contribution is 2.60. The van der Waals surface area contributed by atoms with Gasteiger partial charge in [0.15, 0.2) is 0 Å². The zero-order chi connectivity index (χ0) is 16.0. The molecular weight excluding hydrogens is 300 g/mol. The van der Waals surface area contributed by atoms with Gasteiger partial charge in [-0.2, -0.15) is 0 Å². The van der Waals surface area contributed by atoms with Crippen molar-refractivity contribution in [3.63, 3.8) is 0 Å². The number of sulfonamides is 1. The molecule has 0 radical (unpaired) electrons. The third-order valence-corrected chi connectivity index (χ3v) is 9.18. The molecule has 4 aliphatic carbocycles. The normalized spacial score (nSPS) is 46.2. The van der Waals surface area contributed by atoms with Crippen LogP contribution in [0.2, 0.25) is 0 Å². The first kappa shape index (κ1) is 14.8. The summed E-state index contributed by atoms with van der Waals surface area (Å²) in [4.78, 5) is 0. The van der Waals surface area contributed by atoms with Crippen LogP contribution in [0, 0.1) is 17.8 Å². The lowest BCUT2D eigenvalue weighted by Crippen LogP contribution is -2.61. The molecule has 4 atom stereocenters. The molecule has 1 N–H and O–H groups in total. The third kappa shape index (κ3) is 1.76. The lowest BCUT2D eigenvalue weighted by atomic mass is 9.80. The van der Waals surface area contributed by atoms with Crippen LogP contribution in [0.5, 0.6) is 0 Å². The second kappa shape index (κ2) is 4.00. The van der Waals surface area contributed by atoms with Crippen molar-refractivity contribution in [3.8, 4) is 0 Å². The smallest absolute Gasteiger partial charge is 0.301 e. The molecule has 0 aromatic rings. The Morgan fingerprint density at radius 1 is 1.09 bits per heavy atom. The van der Waals surface area contributed by atoms with E-state index in [1.165, 1.54) is 19.3 Å². The Morgan fingerprint density at radius 3 is 2.23 bits per heavy atom. The van der Waals surface area contributed by atoms with Crippen LogP contribution in [-0.2, 0) is 14.8 Å². The van der Waals surface area contributed by atoms with Gasteiger partial charge in [0.1, 0.15) is 10.3 Å². The van der Waals surface area contributed by atoms with Gasteiger partial charge in [-0.15, -0.1) is 4.40 Å². The fraction of sp³-hybridized carbons (Fsp3) is 0.938. The van der Waals surface area contributed by atoms with E-state index in [0.717, 1.165) is 24.7 Å². The SMILES string of the molecule is CC1(C)OC(N[C@]23C[C@@H]4C[C@@H](C[C@H]2C4)C3)=NS(=O)(=O)C1(C)C. The molecule has 0 unspecified atom stereocenters. The topological polar surface area (TPSA) is 67.8 Å². The Kier molecular flexibility index (Phi) is 2.69. The Morgan fingerprint density at radius 2 is 1.68 bits per heavy atom. The molecular formula is C16H26N2O3S. The molecule has 0 amide bonds. The number of hydrogen-bond donors (Lipinski definition) is 1. The van der Waals surface area contributed by atoms with Gasteiger partial charge in [0.05, 0.1) is 0 Å². The van der Waals surface area contributed by atoms with Gasteiger partial charge >= 0.3 is 6.02 Å². The van der Waals surface area contributed by atoms with E-state index in [-0.39, 0.29) is 11.6 Å². The van der Waals surface area contributed by atoms with E-state index in [1.54, 1.807) is 13.8 Å². The van der Waals surface area contributed by atoms with Crippen molar-refractivity contribution in [2.24, 2.45) is 22.2 Å². The lowest BCUT2D eigenvalue weighted by molar-refractivity contribution is 0.0436. The number of hydrogen-bond acceptors (Lipinski definition) is 4. The van der Waals surface area contributed by atoms with Gasteiger partial charge in [0.2, 0.25) is 0 Å². The largest absolute Gasteiger partial charge is 0.457 e. The molecule has 6 heteroatoms. The summed E-state index contributed by atoms with van der Waals surface area (Å²) in [6.07, 6.45) is 6.18. The van der Waals surface area contributed by atoms with E-state index in [4.69, 9.17) is 4.74 Å². The summed E-state index contributed by atoms with van der Waals surface area (Å²) < 4.78 is 34.1. The predicted octanol–water partition coefficient (Wildman–Crippen LogP) is 2.43. The summed E-state index contributed by atoms with van der Waals surface area (Å²) in [5.41, 5.74) is -0.776. The maximum Gasteiger partial charge on any atom is 0.301 e. The van der Waals surface area contributed by atoms with Gasteiger partial charge in [-0.3, -0.25) is 0 Å². The fourth-order valence-corrected chi connectivity index (χ4v) is 6.37. The van der Waals surface area contributed by atoms with Crippen LogP contribution in [0.1, 0.15) is 59.8 Å². The first-order chi connectivity index (χ1) is 10.0. The Bertz CT molecular complexity index is 636. The highest BCUT2D eigenvalue weighted by molar-refractivity contribution is 7.91. The Labute approximate surface area is 133 Å². The summed E-state index contributed by atoms with van der Waals surface area (Å²) in [6.45, 7) is 7.03. The van der Waals surface area contributed by atoms with Gasteiger partial charge in [-0.05, 0) is 77.6 Å². The lowest BCUT2D eigenvalue weighted by Gasteiger charge is -2.44. The summed E-state index contributed by atoms with van der Waals surface area (Å²) in [7, 11) is -3.59. The summed E-state index contributed by atoms with van der Waals surface area (Å²) in [5, 5.41) is 3.45. The minimum absolute atomic E-state index is 0.0273. The zero-order valence-corrected chi connectivity index (χ0v) is 14.7. The zero-order valence-electron chi connectivity index (χ0n) is 13.8. The van der Waals surface area contributed by atoms with Crippen LogP contribution in [-0.4, -0.2) is 30.3 Å². The summed E-state index contributed by atoms with van der Waals surface area (Å²) in [5.74, 6) is 2.26. The number of ether oxygens (including phenoxy) is 1. The first-order valence-corrected chi connectivity index (χ1v) is 9.80. The fourth-order valence-electron chi connectivity index (χ4n) is 5.18. The quantitative estimate of drug-likeness (QED) is 0.803. The molecule has 0 aromatic carbocycles. The Balaban J connectivity index is 1.66.